The average molecular weight is 270 g/mol. The molecule has 0 N–H and O–H groups in total. The van der Waals surface area contributed by atoms with E-state index in [0.29, 0.717) is 12.5 Å². The Balaban J connectivity index is 1.52. The van der Waals surface area contributed by atoms with Gasteiger partial charge in [-0.1, -0.05) is 6.07 Å². The number of thioether (sulfide) groups is 1. The van der Waals surface area contributed by atoms with Crippen LogP contribution >= 0.6 is 23.1 Å². The lowest BCUT2D eigenvalue weighted by Crippen LogP contribution is -2.08. The molecule has 4 heteroatoms. The van der Waals surface area contributed by atoms with Gasteiger partial charge in [0, 0.05) is 18.8 Å². The molecular formula is C13H18O2S2. The maximum atomic E-state index is 11.7. The molecule has 0 aliphatic carbocycles. The Kier molecular flexibility index (Phi) is 5.55. The molecule has 0 amide bonds. The van der Waals surface area contributed by atoms with Gasteiger partial charge < -0.3 is 4.74 Å². The van der Waals surface area contributed by atoms with E-state index in [9.17, 15) is 4.79 Å². The largest absolute Gasteiger partial charge is 0.377 e. The molecule has 94 valence electrons. The van der Waals surface area contributed by atoms with Crippen molar-refractivity contribution in [2.24, 2.45) is 0 Å². The summed E-state index contributed by atoms with van der Waals surface area (Å²) in [5.41, 5.74) is 0. The Morgan fingerprint density at radius 1 is 1.59 bits per heavy atom. The van der Waals surface area contributed by atoms with Crippen molar-refractivity contribution in [3.63, 3.8) is 0 Å². The third-order valence-corrected chi connectivity index (χ3v) is 4.91. The van der Waals surface area contributed by atoms with Gasteiger partial charge in [0.05, 0.1) is 11.0 Å². The summed E-state index contributed by atoms with van der Waals surface area (Å²) < 4.78 is 5.55. The summed E-state index contributed by atoms with van der Waals surface area (Å²) in [6, 6.07) is 3.84. The standard InChI is InChI=1S/C13H18O2S2/c14-12(13-6-3-9-17-13)5-2-8-16-10-11-4-1-7-15-11/h3,6,9,11H,1-2,4-5,7-8,10H2. The third kappa shape index (κ3) is 4.45. The Morgan fingerprint density at radius 2 is 2.53 bits per heavy atom. The molecule has 1 unspecified atom stereocenters. The second kappa shape index (κ2) is 7.19. The summed E-state index contributed by atoms with van der Waals surface area (Å²) >= 11 is 3.45. The normalized spacial score (nSPS) is 19.6. The molecule has 0 spiro atoms. The minimum Gasteiger partial charge on any atom is -0.377 e. The minimum absolute atomic E-state index is 0.290. The SMILES string of the molecule is O=C(CCCSCC1CCCO1)c1cccs1. The molecule has 2 heterocycles. The average Bonchev–Trinajstić information content (AvgIpc) is 3.01. The highest BCUT2D eigenvalue weighted by Crippen LogP contribution is 2.18. The van der Waals surface area contributed by atoms with Crippen LogP contribution in [0.25, 0.3) is 0 Å². The van der Waals surface area contributed by atoms with Crippen LogP contribution in [0.1, 0.15) is 35.4 Å². The van der Waals surface area contributed by atoms with Crippen LogP contribution in [-0.2, 0) is 4.74 Å². The second-order valence-electron chi connectivity index (χ2n) is 4.21. The van der Waals surface area contributed by atoms with Gasteiger partial charge in [-0.25, -0.2) is 0 Å². The molecule has 1 fully saturated rings. The van der Waals surface area contributed by atoms with Crippen LogP contribution in [0.3, 0.4) is 0 Å². The third-order valence-electron chi connectivity index (χ3n) is 2.82. The van der Waals surface area contributed by atoms with Crippen molar-refractivity contribution >= 4 is 28.9 Å². The van der Waals surface area contributed by atoms with Gasteiger partial charge in [0.2, 0.25) is 0 Å². The van der Waals surface area contributed by atoms with Crippen molar-refractivity contribution in [2.75, 3.05) is 18.1 Å². The molecule has 0 bridgehead atoms. The Morgan fingerprint density at radius 3 is 3.24 bits per heavy atom. The van der Waals surface area contributed by atoms with Crippen LogP contribution in [0, 0.1) is 0 Å². The van der Waals surface area contributed by atoms with Gasteiger partial charge in [0.25, 0.3) is 0 Å². The predicted molar refractivity (Wildman–Crippen MR) is 74.2 cm³/mol. The number of Topliss-reactive ketones (excluding diaryl/α,β-unsaturated/α-hetero) is 1. The first-order valence-corrected chi connectivity index (χ1v) is 8.16. The van der Waals surface area contributed by atoms with Crippen LogP contribution in [0.15, 0.2) is 17.5 Å². The zero-order valence-electron chi connectivity index (χ0n) is 9.89. The number of hydrogen-bond donors (Lipinski definition) is 0. The number of rotatable bonds is 7. The quantitative estimate of drug-likeness (QED) is 0.559. The molecule has 1 aromatic rings. The van der Waals surface area contributed by atoms with Gasteiger partial charge in [0.1, 0.15) is 0 Å². The lowest BCUT2D eigenvalue weighted by molar-refractivity contribution is 0.0986. The van der Waals surface area contributed by atoms with Crippen molar-refractivity contribution in [1.29, 1.82) is 0 Å². The van der Waals surface area contributed by atoms with Crippen molar-refractivity contribution in [3.8, 4) is 0 Å². The number of thiophene rings is 1. The summed E-state index contributed by atoms with van der Waals surface area (Å²) in [6.45, 7) is 0.933. The predicted octanol–water partition coefficient (Wildman–Crippen LogP) is 3.62. The zero-order valence-corrected chi connectivity index (χ0v) is 11.5. The lowest BCUT2D eigenvalue weighted by atomic mass is 10.2. The first kappa shape index (κ1) is 13.1. The summed E-state index contributed by atoms with van der Waals surface area (Å²) in [4.78, 5) is 12.6. The highest BCUT2D eigenvalue weighted by Gasteiger charge is 2.14. The summed E-state index contributed by atoms with van der Waals surface area (Å²) in [5.74, 6) is 2.45. The molecule has 2 rings (SSSR count). The van der Waals surface area contributed by atoms with Gasteiger partial charge in [-0.2, -0.15) is 11.8 Å². The number of ketones is 1. The van der Waals surface area contributed by atoms with Crippen molar-refractivity contribution in [2.45, 2.75) is 31.8 Å². The summed E-state index contributed by atoms with van der Waals surface area (Å²) in [7, 11) is 0. The van der Waals surface area contributed by atoms with Crippen LogP contribution in [-0.4, -0.2) is 30.0 Å². The summed E-state index contributed by atoms with van der Waals surface area (Å²) in [6.07, 6.45) is 4.55. The summed E-state index contributed by atoms with van der Waals surface area (Å²) in [5, 5.41) is 1.96. The van der Waals surface area contributed by atoms with E-state index in [0.717, 1.165) is 29.4 Å². The number of carbonyl (C=O) groups excluding carboxylic acids is 1. The molecule has 1 aromatic heterocycles. The van der Waals surface area contributed by atoms with Gasteiger partial charge in [0.15, 0.2) is 5.78 Å². The maximum absolute atomic E-state index is 11.7. The minimum atomic E-state index is 0.290. The Bertz CT molecular complexity index is 329. The fourth-order valence-electron chi connectivity index (χ4n) is 1.89. The molecule has 1 aliphatic rings. The highest BCUT2D eigenvalue weighted by molar-refractivity contribution is 7.99. The van der Waals surface area contributed by atoms with E-state index in [4.69, 9.17) is 4.74 Å². The molecule has 17 heavy (non-hydrogen) atoms. The van der Waals surface area contributed by atoms with E-state index >= 15 is 0 Å². The first-order valence-electron chi connectivity index (χ1n) is 6.12. The first-order chi connectivity index (χ1) is 8.36. The van der Waals surface area contributed by atoms with E-state index in [1.807, 2.05) is 29.3 Å². The molecule has 0 aromatic carbocycles. The van der Waals surface area contributed by atoms with Crippen molar-refractivity contribution in [3.05, 3.63) is 22.4 Å². The molecule has 2 nitrogen and oxygen atoms in total. The van der Waals surface area contributed by atoms with E-state index in [2.05, 4.69) is 0 Å². The Labute approximate surface area is 111 Å². The fourth-order valence-corrected chi connectivity index (χ4v) is 3.62. The topological polar surface area (TPSA) is 26.3 Å². The smallest absolute Gasteiger partial charge is 0.172 e. The molecule has 1 atom stereocenters. The van der Waals surface area contributed by atoms with E-state index < -0.39 is 0 Å². The van der Waals surface area contributed by atoms with Gasteiger partial charge in [-0.05, 0) is 36.5 Å². The molecule has 1 saturated heterocycles. The van der Waals surface area contributed by atoms with E-state index in [-0.39, 0.29) is 5.78 Å². The zero-order chi connectivity index (χ0) is 11.9. The van der Waals surface area contributed by atoms with Gasteiger partial charge in [-0.15, -0.1) is 11.3 Å². The fraction of sp³-hybridized carbons (Fsp3) is 0.615. The monoisotopic (exact) mass is 270 g/mol. The van der Waals surface area contributed by atoms with E-state index in [1.165, 1.54) is 24.2 Å². The van der Waals surface area contributed by atoms with Crippen LogP contribution in [0.2, 0.25) is 0 Å². The van der Waals surface area contributed by atoms with Gasteiger partial charge in [-0.3, -0.25) is 4.79 Å². The van der Waals surface area contributed by atoms with Gasteiger partial charge >= 0.3 is 0 Å². The van der Waals surface area contributed by atoms with Crippen molar-refractivity contribution in [1.82, 2.24) is 0 Å². The lowest BCUT2D eigenvalue weighted by Gasteiger charge is -2.07. The van der Waals surface area contributed by atoms with Crippen LogP contribution < -0.4 is 0 Å². The van der Waals surface area contributed by atoms with Crippen molar-refractivity contribution < 1.29 is 9.53 Å². The number of carbonyl (C=O) groups is 1. The highest BCUT2D eigenvalue weighted by atomic mass is 32.2. The van der Waals surface area contributed by atoms with E-state index in [1.54, 1.807) is 0 Å². The second-order valence-corrected chi connectivity index (χ2v) is 6.31. The van der Waals surface area contributed by atoms with Crippen LogP contribution in [0.5, 0.6) is 0 Å². The Hall–Kier alpha value is -0.320. The molecule has 0 saturated carbocycles. The number of hydrogen-bond acceptors (Lipinski definition) is 4. The van der Waals surface area contributed by atoms with Crippen LogP contribution in [0.4, 0.5) is 0 Å². The maximum Gasteiger partial charge on any atom is 0.172 e. The molecule has 0 radical (unpaired) electrons. The molecule has 1 aliphatic heterocycles. The number of ether oxygens (including phenoxy) is 1. The molecular weight excluding hydrogens is 252 g/mol.